The number of nitrogens with zero attached hydrogens (tertiary/aromatic N) is 1. The first-order valence-electron chi connectivity index (χ1n) is 9.46. The molecule has 1 heterocycles. The van der Waals surface area contributed by atoms with Gasteiger partial charge in [-0.25, -0.2) is 0 Å². The molecule has 3 N–H and O–H groups in total. The van der Waals surface area contributed by atoms with E-state index >= 15 is 0 Å². The maximum Gasteiger partial charge on any atom is 0.313 e. The van der Waals surface area contributed by atoms with Gasteiger partial charge in [0.1, 0.15) is 23.2 Å². The highest BCUT2D eigenvalue weighted by atomic mass is 79.9. The van der Waals surface area contributed by atoms with Crippen LogP contribution in [0.15, 0.2) is 75.1 Å². The van der Waals surface area contributed by atoms with Crippen molar-refractivity contribution >= 4 is 62.7 Å². The minimum atomic E-state index is -0.866. The van der Waals surface area contributed by atoms with E-state index in [0.717, 1.165) is 4.47 Å². The third-order valence-corrected chi connectivity index (χ3v) is 4.86. The lowest BCUT2D eigenvalue weighted by atomic mass is 10.2. The number of furan rings is 1. The summed E-state index contributed by atoms with van der Waals surface area (Å²) in [6.07, 6.45) is 1.28. The van der Waals surface area contributed by atoms with Crippen LogP contribution in [0.3, 0.4) is 0 Å². The molecule has 0 aliphatic rings. The van der Waals surface area contributed by atoms with Crippen LogP contribution in [0.1, 0.15) is 11.5 Å². The number of hydrogen-bond acceptors (Lipinski definition) is 5. The maximum absolute atomic E-state index is 12.4. The van der Waals surface area contributed by atoms with Gasteiger partial charge in [0.25, 0.3) is 5.91 Å². The number of hydrogen-bond donors (Lipinski definition) is 3. The molecule has 0 unspecified atom stereocenters. The molecule has 1 aromatic heterocycles. The normalized spacial score (nSPS) is 10.8. The fraction of sp³-hybridized carbons (Fsp3) is 0.0435. The molecule has 0 spiro atoms. The molecule has 0 fully saturated rings. The molecule has 3 rings (SSSR count). The molecule has 10 heteroatoms. The molecule has 0 saturated carbocycles. The van der Waals surface area contributed by atoms with Crippen molar-refractivity contribution in [1.82, 2.24) is 5.32 Å². The van der Waals surface area contributed by atoms with Crippen molar-refractivity contribution in [3.63, 3.8) is 0 Å². The lowest BCUT2D eigenvalue weighted by Crippen LogP contribution is -2.34. The molecule has 0 bridgehead atoms. The molecule has 0 aliphatic carbocycles. The molecule has 3 amide bonds. The van der Waals surface area contributed by atoms with Crippen molar-refractivity contribution in [2.45, 2.75) is 6.54 Å². The smallest absolute Gasteiger partial charge is 0.313 e. The first kappa shape index (κ1) is 23.8. The third-order valence-electron chi connectivity index (χ3n) is 4.13. The van der Waals surface area contributed by atoms with Crippen molar-refractivity contribution in [2.24, 2.45) is 0 Å². The van der Waals surface area contributed by atoms with E-state index in [1.165, 1.54) is 18.2 Å². The zero-order chi connectivity index (χ0) is 23.8. The van der Waals surface area contributed by atoms with Gasteiger partial charge in [-0.05, 0) is 48.5 Å². The lowest BCUT2D eigenvalue weighted by molar-refractivity contribution is -0.136. The van der Waals surface area contributed by atoms with E-state index in [-0.39, 0.29) is 17.9 Å². The van der Waals surface area contributed by atoms with E-state index in [0.29, 0.717) is 22.2 Å². The van der Waals surface area contributed by atoms with Gasteiger partial charge in [0.05, 0.1) is 6.54 Å². The zero-order valence-electron chi connectivity index (χ0n) is 16.9. The number of carbonyl (C=O) groups is 3. The molecule has 0 atom stereocenters. The first-order valence-corrected chi connectivity index (χ1v) is 10.6. The molecule has 0 aliphatic heterocycles. The Labute approximate surface area is 202 Å². The van der Waals surface area contributed by atoms with Gasteiger partial charge in [-0.1, -0.05) is 39.7 Å². The number of nitrogens with one attached hydrogen (secondary N) is 3. The Kier molecular flexibility index (Phi) is 8.02. The summed E-state index contributed by atoms with van der Waals surface area (Å²) < 4.78 is 6.30. The van der Waals surface area contributed by atoms with E-state index in [1.54, 1.807) is 48.5 Å². The molecule has 0 saturated heterocycles. The Morgan fingerprint density at radius 3 is 2.36 bits per heavy atom. The SMILES string of the molecule is N#C/C(=C/c1ccc(CNC(=O)C(=O)Nc2cccc(Cl)c2)o1)C(=O)Nc1cccc(Br)c1. The Hall–Kier alpha value is -3.87. The van der Waals surface area contributed by atoms with E-state index in [9.17, 15) is 19.6 Å². The Bertz CT molecular complexity index is 1280. The first-order chi connectivity index (χ1) is 15.8. The predicted molar refractivity (Wildman–Crippen MR) is 127 cm³/mol. The van der Waals surface area contributed by atoms with Crippen LogP contribution in [0.25, 0.3) is 6.08 Å². The van der Waals surface area contributed by atoms with Crippen molar-refractivity contribution in [3.05, 3.63) is 87.3 Å². The summed E-state index contributed by atoms with van der Waals surface area (Å²) in [6.45, 7) is -0.0677. The van der Waals surface area contributed by atoms with E-state index in [4.69, 9.17) is 16.0 Å². The van der Waals surface area contributed by atoms with Crippen LogP contribution in [0, 0.1) is 11.3 Å². The summed E-state index contributed by atoms with van der Waals surface area (Å²) in [5.41, 5.74) is 0.744. The molecule has 3 aromatic rings. The van der Waals surface area contributed by atoms with Gasteiger partial charge in [0, 0.05) is 26.9 Å². The number of anilines is 2. The second-order valence-corrected chi connectivity index (χ2v) is 7.94. The average Bonchev–Trinajstić information content (AvgIpc) is 3.23. The Balaban J connectivity index is 1.57. The molecular formula is C23H16BrClN4O4. The van der Waals surface area contributed by atoms with Crippen LogP contribution in [-0.4, -0.2) is 17.7 Å². The predicted octanol–water partition coefficient (Wildman–Crippen LogP) is 4.50. The summed E-state index contributed by atoms with van der Waals surface area (Å²) >= 11 is 9.16. The van der Waals surface area contributed by atoms with Gasteiger partial charge in [0.2, 0.25) is 0 Å². The largest absolute Gasteiger partial charge is 0.460 e. The van der Waals surface area contributed by atoms with Gasteiger partial charge in [-0.15, -0.1) is 0 Å². The summed E-state index contributed by atoms with van der Waals surface area (Å²) in [5, 5.41) is 17.2. The zero-order valence-corrected chi connectivity index (χ0v) is 19.2. The number of benzene rings is 2. The van der Waals surface area contributed by atoms with Crippen molar-refractivity contribution < 1.29 is 18.8 Å². The van der Waals surface area contributed by atoms with Gasteiger partial charge in [0.15, 0.2) is 0 Å². The quantitative estimate of drug-likeness (QED) is 0.247. The second-order valence-electron chi connectivity index (χ2n) is 6.59. The molecule has 0 radical (unpaired) electrons. The minimum Gasteiger partial charge on any atom is -0.460 e. The molecule has 2 aromatic carbocycles. The van der Waals surface area contributed by atoms with Crippen LogP contribution in [0.2, 0.25) is 5.02 Å². The van der Waals surface area contributed by atoms with Crippen molar-refractivity contribution in [1.29, 1.82) is 5.26 Å². The minimum absolute atomic E-state index is 0.0677. The molecule has 8 nitrogen and oxygen atoms in total. The van der Waals surface area contributed by atoms with Crippen LogP contribution >= 0.6 is 27.5 Å². The monoisotopic (exact) mass is 526 g/mol. The van der Waals surface area contributed by atoms with Crippen LogP contribution in [-0.2, 0) is 20.9 Å². The summed E-state index contributed by atoms with van der Waals surface area (Å²) in [4.78, 5) is 36.4. The van der Waals surface area contributed by atoms with Gasteiger partial charge in [-0.3, -0.25) is 14.4 Å². The number of carbonyl (C=O) groups excluding carboxylic acids is 3. The van der Waals surface area contributed by atoms with Gasteiger partial charge >= 0.3 is 11.8 Å². The van der Waals surface area contributed by atoms with E-state index < -0.39 is 17.7 Å². The maximum atomic E-state index is 12.4. The summed E-state index contributed by atoms with van der Waals surface area (Å²) in [5.74, 6) is -1.76. The summed E-state index contributed by atoms with van der Waals surface area (Å²) in [7, 11) is 0. The number of halogens is 2. The fourth-order valence-electron chi connectivity index (χ4n) is 2.62. The Morgan fingerprint density at radius 2 is 1.67 bits per heavy atom. The van der Waals surface area contributed by atoms with Crippen LogP contribution in [0.4, 0.5) is 11.4 Å². The van der Waals surface area contributed by atoms with Crippen LogP contribution < -0.4 is 16.0 Å². The van der Waals surface area contributed by atoms with Gasteiger partial charge < -0.3 is 20.4 Å². The van der Waals surface area contributed by atoms with Crippen LogP contribution in [0.5, 0.6) is 0 Å². The molecule has 33 heavy (non-hydrogen) atoms. The molecule has 166 valence electrons. The van der Waals surface area contributed by atoms with Crippen molar-refractivity contribution in [2.75, 3.05) is 10.6 Å². The average molecular weight is 528 g/mol. The number of rotatable bonds is 6. The van der Waals surface area contributed by atoms with E-state index in [2.05, 4.69) is 31.9 Å². The van der Waals surface area contributed by atoms with Crippen molar-refractivity contribution in [3.8, 4) is 6.07 Å². The standard InChI is InChI=1S/C23H16BrClN4O4/c24-15-3-1-5-17(10-15)28-21(30)14(12-26)9-19-7-8-20(33-19)13-27-22(31)23(32)29-18-6-2-4-16(25)11-18/h1-11H,13H2,(H,27,31)(H,28,30)(H,29,32)/b14-9-. The third kappa shape index (κ3) is 7.07. The van der Waals surface area contributed by atoms with Gasteiger partial charge in [-0.2, -0.15) is 5.26 Å². The topological polar surface area (TPSA) is 124 Å². The molecular weight excluding hydrogens is 512 g/mol. The fourth-order valence-corrected chi connectivity index (χ4v) is 3.21. The highest BCUT2D eigenvalue weighted by molar-refractivity contribution is 9.10. The highest BCUT2D eigenvalue weighted by Gasteiger charge is 2.15. The van der Waals surface area contributed by atoms with E-state index in [1.807, 2.05) is 6.07 Å². The summed E-state index contributed by atoms with van der Waals surface area (Å²) in [6, 6.07) is 18.3. The lowest BCUT2D eigenvalue weighted by Gasteiger charge is -2.06. The Morgan fingerprint density at radius 1 is 0.970 bits per heavy atom. The number of amides is 3. The highest BCUT2D eigenvalue weighted by Crippen LogP contribution is 2.18. The second kappa shape index (κ2) is 11.1. The number of nitriles is 1.